The van der Waals surface area contributed by atoms with Gasteiger partial charge in [-0.15, -0.1) is 0 Å². The molecule has 11 heavy (non-hydrogen) atoms. The molecule has 0 saturated heterocycles. The molecule has 0 aromatic carbocycles. The topological polar surface area (TPSA) is 46.5 Å². The lowest BCUT2D eigenvalue weighted by atomic mass is 10.8. The Hall–Kier alpha value is -0.940. The monoisotopic (exact) mass is 174 g/mol. The van der Waals surface area contributed by atoms with Gasteiger partial charge in [-0.25, -0.2) is 18.0 Å². The van der Waals surface area contributed by atoms with Crippen LogP contribution in [-0.4, -0.2) is 31.0 Å². The highest BCUT2D eigenvalue weighted by Crippen LogP contribution is 1.82. The molecule has 0 aliphatic heterocycles. The Balaban J connectivity index is 0. The van der Waals surface area contributed by atoms with E-state index in [2.05, 4.69) is 4.74 Å². The van der Waals surface area contributed by atoms with Gasteiger partial charge in [0.15, 0.2) is 0 Å². The highest BCUT2D eigenvalue weighted by Gasteiger charge is 1.91. The highest BCUT2D eigenvalue weighted by atomic mass is 19.3. The van der Waals surface area contributed by atoms with E-state index in [1.807, 2.05) is 0 Å². The fourth-order valence-electron chi connectivity index (χ4n) is 0.126. The maximum atomic E-state index is 11.0. The average Bonchev–Trinajstić information content (AvgIpc) is 1.82. The number of rotatable bonds is 2. The van der Waals surface area contributed by atoms with E-state index in [1.165, 1.54) is 0 Å². The average molecular weight is 174 g/mol. The summed E-state index contributed by atoms with van der Waals surface area (Å²) in [4.78, 5) is 9.37. The predicted molar refractivity (Wildman–Crippen MR) is 31.6 cm³/mol. The van der Waals surface area contributed by atoms with Gasteiger partial charge in [0.25, 0.3) is 0 Å². The molecular weight excluding hydrogens is 165 g/mol. The lowest BCUT2D eigenvalue weighted by Crippen LogP contribution is -2.02. The number of halogens is 3. The Kier molecular flexibility index (Phi) is 10.5. The van der Waals surface area contributed by atoms with Crippen LogP contribution in [0.1, 0.15) is 6.92 Å². The van der Waals surface area contributed by atoms with E-state index < -0.39 is 19.3 Å². The maximum Gasteiger partial charge on any atom is 0.505 e. The molecular formula is C5H9F3O3. The molecule has 0 aromatic rings. The summed E-state index contributed by atoms with van der Waals surface area (Å²) in [6.07, 6.45) is -3.60. The fraction of sp³-hybridized carbons (Fsp3) is 0.800. The molecule has 0 heterocycles. The quantitative estimate of drug-likeness (QED) is 0.650. The number of hydrogen-bond donors (Lipinski definition) is 1. The molecule has 0 spiro atoms. The molecule has 1 N–H and O–H groups in total. The van der Waals surface area contributed by atoms with Crippen LogP contribution in [0, 0.1) is 0 Å². The zero-order chi connectivity index (χ0) is 9.28. The van der Waals surface area contributed by atoms with Gasteiger partial charge < -0.3 is 9.84 Å². The van der Waals surface area contributed by atoms with E-state index in [1.54, 1.807) is 0 Å². The smallest absolute Gasteiger partial charge is 0.450 e. The minimum Gasteiger partial charge on any atom is -0.450 e. The van der Waals surface area contributed by atoms with Crippen molar-refractivity contribution in [3.8, 4) is 0 Å². The summed E-state index contributed by atoms with van der Waals surface area (Å²) in [5.41, 5.74) is 0. The molecule has 0 rings (SSSR count). The molecule has 0 aliphatic rings. The second-order valence-corrected chi connectivity index (χ2v) is 1.32. The molecule has 6 heteroatoms. The molecule has 0 radical (unpaired) electrons. The standard InChI is InChI=1S/C3H5FO3.C2H4F2/c4-1-2-7-3(5)6;1-2(3)4/h1-2H2,(H,5,6);2H,1H3. The van der Waals surface area contributed by atoms with Crippen LogP contribution in [0.4, 0.5) is 18.0 Å². The SMILES string of the molecule is CC(F)F.O=C(O)OCCF. The molecule has 68 valence electrons. The largest absolute Gasteiger partial charge is 0.505 e. The van der Waals surface area contributed by atoms with E-state index >= 15 is 0 Å². The number of alkyl halides is 3. The van der Waals surface area contributed by atoms with Gasteiger partial charge in [0.1, 0.15) is 13.3 Å². The van der Waals surface area contributed by atoms with Crippen LogP contribution in [0.5, 0.6) is 0 Å². The van der Waals surface area contributed by atoms with Crippen molar-refractivity contribution >= 4 is 6.16 Å². The van der Waals surface area contributed by atoms with Gasteiger partial charge in [0.05, 0.1) is 0 Å². The molecule has 0 fully saturated rings. The van der Waals surface area contributed by atoms with Crippen LogP contribution >= 0.6 is 0 Å². The van der Waals surface area contributed by atoms with Crippen LogP contribution in [-0.2, 0) is 4.74 Å². The Morgan fingerprint density at radius 2 is 2.00 bits per heavy atom. The summed E-state index contributed by atoms with van der Waals surface area (Å²) >= 11 is 0. The van der Waals surface area contributed by atoms with Crippen LogP contribution in [0.15, 0.2) is 0 Å². The van der Waals surface area contributed by atoms with Crippen molar-refractivity contribution in [3.63, 3.8) is 0 Å². The van der Waals surface area contributed by atoms with Crippen LogP contribution in [0.25, 0.3) is 0 Å². The molecule has 0 aliphatic carbocycles. The third-order valence-corrected chi connectivity index (χ3v) is 0.303. The van der Waals surface area contributed by atoms with Crippen molar-refractivity contribution in [2.24, 2.45) is 0 Å². The zero-order valence-electron chi connectivity index (χ0n) is 5.89. The van der Waals surface area contributed by atoms with Gasteiger partial charge in [-0.2, -0.15) is 0 Å². The number of ether oxygens (including phenoxy) is 1. The first kappa shape index (κ1) is 12.7. The molecule has 0 unspecified atom stereocenters. The summed E-state index contributed by atoms with van der Waals surface area (Å²) in [7, 11) is 0. The molecule has 0 saturated carbocycles. The first-order valence-corrected chi connectivity index (χ1v) is 2.70. The maximum absolute atomic E-state index is 11.0. The Bertz CT molecular complexity index is 94.2. The molecule has 0 amide bonds. The van der Waals surface area contributed by atoms with E-state index in [-0.39, 0.29) is 6.61 Å². The lowest BCUT2D eigenvalue weighted by Gasteiger charge is -1.90. The molecule has 0 bridgehead atoms. The fourth-order valence-corrected chi connectivity index (χ4v) is 0.126. The molecule has 3 nitrogen and oxygen atoms in total. The van der Waals surface area contributed by atoms with Gasteiger partial charge in [-0.3, -0.25) is 0 Å². The third kappa shape index (κ3) is 48.2. The van der Waals surface area contributed by atoms with Crippen molar-refractivity contribution in [2.45, 2.75) is 13.3 Å². The Morgan fingerprint density at radius 1 is 1.64 bits per heavy atom. The van der Waals surface area contributed by atoms with Crippen molar-refractivity contribution < 1.29 is 27.8 Å². The lowest BCUT2D eigenvalue weighted by molar-refractivity contribution is 0.0858. The number of hydrogen-bond acceptors (Lipinski definition) is 2. The van der Waals surface area contributed by atoms with Crippen molar-refractivity contribution in [1.29, 1.82) is 0 Å². The third-order valence-electron chi connectivity index (χ3n) is 0.303. The Morgan fingerprint density at radius 3 is 2.09 bits per heavy atom. The highest BCUT2D eigenvalue weighted by molar-refractivity contribution is 5.56. The first-order valence-electron chi connectivity index (χ1n) is 2.70. The Labute approximate surface area is 61.8 Å². The first-order chi connectivity index (χ1) is 5.00. The van der Waals surface area contributed by atoms with E-state index in [0.717, 1.165) is 6.92 Å². The zero-order valence-corrected chi connectivity index (χ0v) is 5.89. The van der Waals surface area contributed by atoms with Crippen LogP contribution in [0.3, 0.4) is 0 Å². The summed E-state index contributed by atoms with van der Waals surface area (Å²) in [6.45, 7) is -0.290. The van der Waals surface area contributed by atoms with Gasteiger partial charge in [-0.1, -0.05) is 0 Å². The van der Waals surface area contributed by atoms with Crippen molar-refractivity contribution in [2.75, 3.05) is 13.3 Å². The summed E-state index contributed by atoms with van der Waals surface area (Å²) < 4.78 is 35.4. The predicted octanol–water partition coefficient (Wildman–Crippen LogP) is 1.92. The molecule has 0 atom stereocenters. The van der Waals surface area contributed by atoms with E-state index in [9.17, 15) is 18.0 Å². The number of carboxylic acid groups (broad SMARTS) is 1. The van der Waals surface area contributed by atoms with Crippen LogP contribution < -0.4 is 0 Å². The second kappa shape index (κ2) is 9.06. The van der Waals surface area contributed by atoms with Gasteiger partial charge in [-0.05, 0) is 6.92 Å². The minimum absolute atomic E-state index is 0.366. The van der Waals surface area contributed by atoms with E-state index in [0.29, 0.717) is 0 Å². The van der Waals surface area contributed by atoms with Gasteiger partial charge in [0.2, 0.25) is 6.43 Å². The minimum atomic E-state index is -2.17. The summed E-state index contributed by atoms with van der Waals surface area (Å²) in [5.74, 6) is 0. The van der Waals surface area contributed by atoms with Gasteiger partial charge >= 0.3 is 6.16 Å². The van der Waals surface area contributed by atoms with E-state index in [4.69, 9.17) is 5.11 Å². The van der Waals surface area contributed by atoms with Crippen LogP contribution in [0.2, 0.25) is 0 Å². The summed E-state index contributed by atoms with van der Waals surface area (Å²) in [6, 6.07) is 0. The second-order valence-electron chi connectivity index (χ2n) is 1.32. The molecule has 0 aromatic heterocycles. The van der Waals surface area contributed by atoms with Crippen molar-refractivity contribution in [1.82, 2.24) is 0 Å². The van der Waals surface area contributed by atoms with Gasteiger partial charge in [0, 0.05) is 0 Å². The van der Waals surface area contributed by atoms with Crippen molar-refractivity contribution in [3.05, 3.63) is 0 Å². The summed E-state index contributed by atoms with van der Waals surface area (Å²) in [5, 5.41) is 7.66. The number of carbonyl (C=O) groups is 1. The normalized spacial score (nSPS) is 8.45.